The summed E-state index contributed by atoms with van der Waals surface area (Å²) in [4.78, 5) is 25.5. The molecule has 0 radical (unpaired) electrons. The van der Waals surface area contributed by atoms with Crippen LogP contribution in [0.3, 0.4) is 0 Å². The second-order valence-corrected chi connectivity index (χ2v) is 7.29. The molecule has 8 heteroatoms. The fourth-order valence-electron chi connectivity index (χ4n) is 3.47. The number of ether oxygens (including phenoxy) is 2. The highest BCUT2D eigenvalue weighted by molar-refractivity contribution is 6.11. The summed E-state index contributed by atoms with van der Waals surface area (Å²) < 4.78 is 11.6. The van der Waals surface area contributed by atoms with Crippen molar-refractivity contribution in [3.63, 3.8) is 0 Å². The molecule has 3 heterocycles. The van der Waals surface area contributed by atoms with Crippen LogP contribution in [0, 0.1) is 0 Å². The molecule has 1 aromatic carbocycles. The summed E-state index contributed by atoms with van der Waals surface area (Å²) in [6, 6.07) is 7.38. The Morgan fingerprint density at radius 2 is 2.20 bits per heavy atom. The number of benzene rings is 1. The maximum atomic E-state index is 12.8. The van der Waals surface area contributed by atoms with Crippen molar-refractivity contribution in [1.29, 1.82) is 0 Å². The van der Waals surface area contributed by atoms with E-state index >= 15 is 0 Å². The van der Waals surface area contributed by atoms with E-state index in [9.17, 15) is 4.79 Å². The quantitative estimate of drug-likeness (QED) is 0.557. The fraction of sp³-hybridized carbons (Fsp3) is 0.318. The van der Waals surface area contributed by atoms with Crippen molar-refractivity contribution < 1.29 is 14.3 Å². The Kier molecular flexibility index (Phi) is 5.67. The van der Waals surface area contributed by atoms with E-state index in [0.717, 1.165) is 23.6 Å². The maximum Gasteiger partial charge on any atom is 0.191 e. The number of methoxy groups -OCH3 is 1. The van der Waals surface area contributed by atoms with Crippen molar-refractivity contribution in [2.24, 2.45) is 4.99 Å². The van der Waals surface area contributed by atoms with Gasteiger partial charge < -0.3 is 24.6 Å². The third kappa shape index (κ3) is 3.86. The first-order chi connectivity index (χ1) is 14.6. The molecular formula is C22H25N5O3. The Morgan fingerprint density at radius 1 is 1.33 bits per heavy atom. The van der Waals surface area contributed by atoms with Crippen LogP contribution in [0.5, 0.6) is 11.5 Å². The van der Waals surface area contributed by atoms with Crippen molar-refractivity contribution in [2.75, 3.05) is 52.8 Å². The molecule has 2 aliphatic rings. The number of allylic oxidation sites excluding steroid dienone is 1. The van der Waals surface area contributed by atoms with Crippen LogP contribution in [0.25, 0.3) is 0 Å². The predicted molar refractivity (Wildman–Crippen MR) is 115 cm³/mol. The van der Waals surface area contributed by atoms with Crippen LogP contribution in [0.4, 0.5) is 5.69 Å². The van der Waals surface area contributed by atoms with Gasteiger partial charge in [0.2, 0.25) is 0 Å². The number of hydrogen-bond donors (Lipinski definition) is 1. The summed E-state index contributed by atoms with van der Waals surface area (Å²) in [5, 5.41) is 3.38. The Hall–Kier alpha value is -3.39. The molecule has 0 bridgehead atoms. The standard InChI is InChI=1S/C22H25N5O3/c1-26(2)11-12-30-18-7-6-16-20(21(18)29-3)25-19(27-10-9-24-22(16)27)13-17(28)15-5-4-8-23-14-15/h4-8,13-14,25H,9-12H2,1-3H3. The molecule has 4 rings (SSSR count). The molecule has 0 saturated carbocycles. The van der Waals surface area contributed by atoms with E-state index in [1.165, 1.54) is 0 Å². The fourth-order valence-corrected chi connectivity index (χ4v) is 3.47. The summed E-state index contributed by atoms with van der Waals surface area (Å²) in [6.45, 7) is 2.70. The number of anilines is 1. The minimum absolute atomic E-state index is 0.127. The number of aliphatic imine (C=N–C) groups is 1. The first-order valence-electron chi connectivity index (χ1n) is 9.82. The SMILES string of the molecule is COc1c(OCCN(C)C)ccc2c1NC(=CC(=O)c1cccnc1)N1CCN=C21. The molecule has 2 aliphatic heterocycles. The normalized spacial score (nSPS) is 16.1. The Balaban J connectivity index is 1.69. The molecule has 0 saturated heterocycles. The van der Waals surface area contributed by atoms with Crippen LogP contribution < -0.4 is 14.8 Å². The van der Waals surface area contributed by atoms with Gasteiger partial charge in [0.05, 0.1) is 19.3 Å². The van der Waals surface area contributed by atoms with Gasteiger partial charge in [0.1, 0.15) is 18.3 Å². The lowest BCUT2D eigenvalue weighted by Gasteiger charge is -2.32. The van der Waals surface area contributed by atoms with E-state index in [-0.39, 0.29) is 5.78 Å². The summed E-state index contributed by atoms with van der Waals surface area (Å²) in [5.74, 6) is 2.61. The monoisotopic (exact) mass is 407 g/mol. The summed E-state index contributed by atoms with van der Waals surface area (Å²) in [7, 11) is 5.61. The highest BCUT2D eigenvalue weighted by Crippen LogP contribution is 2.42. The van der Waals surface area contributed by atoms with Gasteiger partial charge in [-0.25, -0.2) is 0 Å². The molecule has 0 unspecified atom stereocenters. The molecule has 1 aromatic heterocycles. The van der Waals surface area contributed by atoms with Crippen molar-refractivity contribution in [1.82, 2.24) is 14.8 Å². The minimum atomic E-state index is -0.127. The van der Waals surface area contributed by atoms with E-state index in [0.29, 0.717) is 42.6 Å². The number of carbonyl (C=O) groups is 1. The highest BCUT2D eigenvalue weighted by atomic mass is 16.5. The molecule has 0 amide bonds. The van der Waals surface area contributed by atoms with Crippen LogP contribution in [-0.4, -0.2) is 73.8 Å². The summed E-state index contributed by atoms with van der Waals surface area (Å²) in [5.41, 5.74) is 2.21. The second-order valence-electron chi connectivity index (χ2n) is 7.29. The van der Waals surface area contributed by atoms with Gasteiger partial charge in [0.15, 0.2) is 17.3 Å². The zero-order valence-corrected chi connectivity index (χ0v) is 17.4. The van der Waals surface area contributed by atoms with E-state index in [4.69, 9.17) is 9.47 Å². The molecule has 0 spiro atoms. The van der Waals surface area contributed by atoms with E-state index in [1.807, 2.05) is 31.1 Å². The van der Waals surface area contributed by atoms with Crippen LogP contribution >= 0.6 is 0 Å². The first kappa shape index (κ1) is 19.9. The summed E-state index contributed by atoms with van der Waals surface area (Å²) in [6.07, 6.45) is 4.79. The van der Waals surface area contributed by atoms with Crippen LogP contribution in [0.2, 0.25) is 0 Å². The predicted octanol–water partition coefficient (Wildman–Crippen LogP) is 2.24. The van der Waals surface area contributed by atoms with E-state index in [2.05, 4.69) is 20.2 Å². The molecule has 0 aliphatic carbocycles. The Bertz CT molecular complexity index is 1000. The zero-order valence-electron chi connectivity index (χ0n) is 17.4. The second kappa shape index (κ2) is 8.54. The summed E-state index contributed by atoms with van der Waals surface area (Å²) >= 11 is 0. The number of amidine groups is 1. The van der Waals surface area contributed by atoms with Gasteiger partial charge >= 0.3 is 0 Å². The smallest absolute Gasteiger partial charge is 0.191 e. The molecule has 156 valence electrons. The van der Waals surface area contributed by atoms with Gasteiger partial charge in [-0.05, 0) is 38.4 Å². The largest absolute Gasteiger partial charge is 0.491 e. The maximum absolute atomic E-state index is 12.8. The first-order valence-corrected chi connectivity index (χ1v) is 9.82. The number of carbonyl (C=O) groups excluding carboxylic acids is 1. The average molecular weight is 407 g/mol. The number of nitrogens with one attached hydrogen (secondary N) is 1. The van der Waals surface area contributed by atoms with Crippen molar-refractivity contribution in [3.05, 3.63) is 59.7 Å². The number of rotatable bonds is 7. The zero-order chi connectivity index (χ0) is 21.1. The number of ketones is 1. The number of likely N-dealkylation sites (N-methyl/N-ethyl adjacent to an activating group) is 1. The third-order valence-corrected chi connectivity index (χ3v) is 4.96. The number of nitrogens with zero attached hydrogens (tertiary/aromatic N) is 4. The van der Waals surface area contributed by atoms with Crippen LogP contribution in [0.15, 0.2) is 53.5 Å². The highest BCUT2D eigenvalue weighted by Gasteiger charge is 2.33. The van der Waals surface area contributed by atoms with Gasteiger partial charge in [-0.3, -0.25) is 14.8 Å². The van der Waals surface area contributed by atoms with Crippen LogP contribution in [0.1, 0.15) is 15.9 Å². The Morgan fingerprint density at radius 3 is 2.93 bits per heavy atom. The van der Waals surface area contributed by atoms with Gasteiger partial charge in [-0.15, -0.1) is 0 Å². The molecule has 30 heavy (non-hydrogen) atoms. The molecule has 0 fully saturated rings. The lowest BCUT2D eigenvalue weighted by atomic mass is 10.1. The van der Waals surface area contributed by atoms with E-state index in [1.54, 1.807) is 37.7 Å². The van der Waals surface area contributed by atoms with Gasteiger partial charge in [-0.2, -0.15) is 0 Å². The topological polar surface area (TPSA) is 79.3 Å². The molecule has 0 atom stereocenters. The number of aromatic nitrogens is 1. The van der Waals surface area contributed by atoms with E-state index < -0.39 is 0 Å². The lowest BCUT2D eigenvalue weighted by Crippen LogP contribution is -2.36. The van der Waals surface area contributed by atoms with Crippen LogP contribution in [-0.2, 0) is 0 Å². The molecule has 8 nitrogen and oxygen atoms in total. The molecular weight excluding hydrogens is 382 g/mol. The van der Waals surface area contributed by atoms with Gasteiger partial charge in [0, 0.05) is 42.7 Å². The Labute approximate surface area is 175 Å². The molecule has 2 aromatic rings. The lowest BCUT2D eigenvalue weighted by molar-refractivity contribution is 0.104. The number of pyridine rings is 1. The van der Waals surface area contributed by atoms with Gasteiger partial charge in [-0.1, -0.05) is 0 Å². The minimum Gasteiger partial charge on any atom is -0.491 e. The van der Waals surface area contributed by atoms with Crippen molar-refractivity contribution in [3.8, 4) is 11.5 Å². The van der Waals surface area contributed by atoms with Crippen molar-refractivity contribution >= 4 is 17.3 Å². The number of fused-ring (bicyclic) bond motifs is 3. The third-order valence-electron chi connectivity index (χ3n) is 4.96. The van der Waals surface area contributed by atoms with Crippen molar-refractivity contribution in [2.45, 2.75) is 0 Å². The molecule has 1 N–H and O–H groups in total. The average Bonchev–Trinajstić information content (AvgIpc) is 3.24. The van der Waals surface area contributed by atoms with Gasteiger partial charge in [0.25, 0.3) is 0 Å². The number of hydrogen-bond acceptors (Lipinski definition) is 8.